The molecule has 0 bridgehead atoms. The minimum Gasteiger partial charge on any atom is -0.508 e. The predicted molar refractivity (Wildman–Crippen MR) is 66.6 cm³/mol. The molecular formula is C12H17N3O3. The molecule has 0 saturated carbocycles. The summed E-state index contributed by atoms with van der Waals surface area (Å²) in [5, 5.41) is 11.6. The van der Waals surface area contributed by atoms with E-state index in [9.17, 15) is 9.59 Å². The van der Waals surface area contributed by atoms with Crippen LogP contribution in [0.25, 0.3) is 0 Å². The fourth-order valence-electron chi connectivity index (χ4n) is 1.39. The van der Waals surface area contributed by atoms with Gasteiger partial charge in [0.05, 0.1) is 6.04 Å². The zero-order valence-electron chi connectivity index (χ0n) is 10.1. The zero-order chi connectivity index (χ0) is 13.7. The van der Waals surface area contributed by atoms with Gasteiger partial charge in [-0.15, -0.1) is 0 Å². The summed E-state index contributed by atoms with van der Waals surface area (Å²) in [6, 6.07) is 4.80. The number of hydrogen-bond donors (Lipinski definition) is 4. The number of phenolic OH excluding ortho intramolecular Hbond substituents is 1. The normalized spacial score (nSPS) is 13.7. The third kappa shape index (κ3) is 4.06. The number of carbonyl (C=O) groups excluding carboxylic acids is 2. The molecule has 0 unspecified atom stereocenters. The van der Waals surface area contributed by atoms with E-state index in [1.54, 1.807) is 12.1 Å². The van der Waals surface area contributed by atoms with Crippen molar-refractivity contribution >= 4 is 11.8 Å². The summed E-state index contributed by atoms with van der Waals surface area (Å²) < 4.78 is 0. The molecule has 0 saturated heterocycles. The maximum Gasteiger partial charge on any atom is 0.240 e. The molecule has 2 amide bonds. The summed E-state index contributed by atoms with van der Waals surface area (Å²) in [5.74, 6) is -0.927. The molecule has 0 heterocycles. The van der Waals surface area contributed by atoms with E-state index in [2.05, 4.69) is 5.32 Å². The SMILES string of the molecule is C[C@H](N)C(=O)N[C@@H](Cc1ccc(O)cc1)C(N)=O. The van der Waals surface area contributed by atoms with E-state index in [1.807, 2.05) is 0 Å². The molecule has 0 aliphatic rings. The fourth-order valence-corrected chi connectivity index (χ4v) is 1.39. The quantitative estimate of drug-likeness (QED) is 0.550. The van der Waals surface area contributed by atoms with Gasteiger partial charge in [-0.3, -0.25) is 9.59 Å². The first-order valence-corrected chi connectivity index (χ1v) is 5.53. The molecule has 6 N–H and O–H groups in total. The first-order chi connectivity index (χ1) is 8.40. The highest BCUT2D eigenvalue weighted by molar-refractivity contribution is 5.88. The van der Waals surface area contributed by atoms with Crippen molar-refractivity contribution in [2.24, 2.45) is 11.5 Å². The number of nitrogens with two attached hydrogens (primary N) is 2. The second-order valence-electron chi connectivity index (χ2n) is 4.12. The molecule has 0 spiro atoms. The second kappa shape index (κ2) is 6.02. The van der Waals surface area contributed by atoms with Gasteiger partial charge in [0.1, 0.15) is 11.8 Å². The van der Waals surface area contributed by atoms with Gasteiger partial charge < -0.3 is 21.9 Å². The fraction of sp³-hybridized carbons (Fsp3) is 0.333. The topological polar surface area (TPSA) is 118 Å². The zero-order valence-corrected chi connectivity index (χ0v) is 10.1. The molecular weight excluding hydrogens is 234 g/mol. The highest BCUT2D eigenvalue weighted by Gasteiger charge is 2.20. The van der Waals surface area contributed by atoms with Gasteiger partial charge in [0.2, 0.25) is 11.8 Å². The van der Waals surface area contributed by atoms with Gasteiger partial charge in [-0.05, 0) is 24.6 Å². The van der Waals surface area contributed by atoms with Gasteiger partial charge in [-0.2, -0.15) is 0 Å². The van der Waals surface area contributed by atoms with Crippen molar-refractivity contribution in [3.05, 3.63) is 29.8 Å². The van der Waals surface area contributed by atoms with E-state index in [-0.39, 0.29) is 12.2 Å². The van der Waals surface area contributed by atoms with Crippen LogP contribution in [-0.2, 0) is 16.0 Å². The summed E-state index contributed by atoms with van der Waals surface area (Å²) in [6.07, 6.45) is 0.258. The maximum atomic E-state index is 11.4. The molecule has 1 rings (SSSR count). The largest absolute Gasteiger partial charge is 0.508 e. The second-order valence-corrected chi connectivity index (χ2v) is 4.12. The Morgan fingerprint density at radius 3 is 2.33 bits per heavy atom. The van der Waals surface area contributed by atoms with E-state index < -0.39 is 23.9 Å². The van der Waals surface area contributed by atoms with Crippen LogP contribution in [0.4, 0.5) is 0 Å². The number of primary amides is 1. The van der Waals surface area contributed by atoms with Crippen molar-refractivity contribution in [2.45, 2.75) is 25.4 Å². The van der Waals surface area contributed by atoms with Crippen LogP contribution in [0.5, 0.6) is 5.75 Å². The summed E-state index contributed by atoms with van der Waals surface area (Å²) in [4.78, 5) is 22.7. The summed E-state index contributed by atoms with van der Waals surface area (Å²) in [5.41, 5.74) is 11.4. The smallest absolute Gasteiger partial charge is 0.240 e. The molecule has 0 aliphatic carbocycles. The molecule has 2 atom stereocenters. The molecule has 0 aliphatic heterocycles. The number of carbonyl (C=O) groups is 2. The lowest BCUT2D eigenvalue weighted by molar-refractivity contribution is -0.127. The van der Waals surface area contributed by atoms with Gasteiger partial charge in [0.25, 0.3) is 0 Å². The average molecular weight is 251 g/mol. The Bertz CT molecular complexity index is 429. The molecule has 0 fully saturated rings. The minimum absolute atomic E-state index is 0.133. The van der Waals surface area contributed by atoms with Crippen molar-refractivity contribution < 1.29 is 14.7 Å². The Morgan fingerprint density at radius 1 is 1.33 bits per heavy atom. The van der Waals surface area contributed by atoms with Crippen molar-refractivity contribution in [1.29, 1.82) is 0 Å². The van der Waals surface area contributed by atoms with Crippen LogP contribution in [0.1, 0.15) is 12.5 Å². The van der Waals surface area contributed by atoms with E-state index in [0.29, 0.717) is 0 Å². The number of phenols is 1. The predicted octanol–water partition coefficient (Wildman–Crippen LogP) is -0.748. The Kier molecular flexibility index (Phi) is 4.67. The van der Waals surface area contributed by atoms with Crippen molar-refractivity contribution in [1.82, 2.24) is 5.32 Å². The number of hydrogen-bond acceptors (Lipinski definition) is 4. The Labute approximate surface area is 105 Å². The molecule has 18 heavy (non-hydrogen) atoms. The number of rotatable bonds is 5. The van der Waals surface area contributed by atoms with Gasteiger partial charge >= 0.3 is 0 Å². The summed E-state index contributed by atoms with van der Waals surface area (Å²) in [7, 11) is 0. The van der Waals surface area contributed by atoms with Gasteiger partial charge in [-0.25, -0.2) is 0 Å². The van der Waals surface area contributed by atoms with Gasteiger partial charge in [0.15, 0.2) is 0 Å². The van der Waals surface area contributed by atoms with E-state index in [1.165, 1.54) is 19.1 Å². The first-order valence-electron chi connectivity index (χ1n) is 5.53. The van der Waals surface area contributed by atoms with Crippen LogP contribution in [0.15, 0.2) is 24.3 Å². The van der Waals surface area contributed by atoms with Crippen LogP contribution in [0.3, 0.4) is 0 Å². The molecule has 98 valence electrons. The molecule has 1 aromatic carbocycles. The Balaban J connectivity index is 2.72. The van der Waals surface area contributed by atoms with E-state index >= 15 is 0 Å². The van der Waals surface area contributed by atoms with Crippen molar-refractivity contribution in [2.75, 3.05) is 0 Å². The maximum absolute atomic E-state index is 11.4. The van der Waals surface area contributed by atoms with Crippen molar-refractivity contribution in [3.8, 4) is 5.75 Å². The molecule has 1 aromatic rings. The number of amides is 2. The lowest BCUT2D eigenvalue weighted by Gasteiger charge is -2.17. The van der Waals surface area contributed by atoms with Crippen molar-refractivity contribution in [3.63, 3.8) is 0 Å². The number of nitrogens with one attached hydrogen (secondary N) is 1. The third-order valence-corrected chi connectivity index (χ3v) is 2.45. The minimum atomic E-state index is -0.812. The molecule has 6 heteroatoms. The Hall–Kier alpha value is -2.08. The number of benzene rings is 1. The van der Waals surface area contributed by atoms with E-state index in [0.717, 1.165) is 5.56 Å². The highest BCUT2D eigenvalue weighted by atomic mass is 16.3. The number of aromatic hydroxyl groups is 1. The van der Waals surface area contributed by atoms with Crippen LogP contribution in [0.2, 0.25) is 0 Å². The van der Waals surface area contributed by atoms with Crippen LogP contribution in [-0.4, -0.2) is 29.0 Å². The van der Waals surface area contributed by atoms with Crippen LogP contribution < -0.4 is 16.8 Å². The molecule has 0 radical (unpaired) electrons. The lowest BCUT2D eigenvalue weighted by Crippen LogP contribution is -2.50. The van der Waals surface area contributed by atoms with Crippen LogP contribution >= 0.6 is 0 Å². The monoisotopic (exact) mass is 251 g/mol. The van der Waals surface area contributed by atoms with E-state index in [4.69, 9.17) is 16.6 Å². The Morgan fingerprint density at radius 2 is 1.89 bits per heavy atom. The van der Waals surface area contributed by atoms with Crippen LogP contribution in [0, 0.1) is 0 Å². The summed E-state index contributed by atoms with van der Waals surface area (Å²) >= 11 is 0. The third-order valence-electron chi connectivity index (χ3n) is 2.45. The molecule has 6 nitrogen and oxygen atoms in total. The van der Waals surface area contributed by atoms with Gasteiger partial charge in [0, 0.05) is 6.42 Å². The van der Waals surface area contributed by atoms with Gasteiger partial charge in [-0.1, -0.05) is 12.1 Å². The lowest BCUT2D eigenvalue weighted by atomic mass is 10.0. The summed E-state index contributed by atoms with van der Waals surface area (Å²) in [6.45, 7) is 1.52. The first kappa shape index (κ1) is 14.0. The average Bonchev–Trinajstić information content (AvgIpc) is 2.30. The highest BCUT2D eigenvalue weighted by Crippen LogP contribution is 2.11. The standard InChI is InChI=1S/C12H17N3O3/c1-7(13)12(18)15-10(11(14)17)6-8-2-4-9(16)5-3-8/h2-5,7,10,16H,6,13H2,1H3,(H2,14,17)(H,15,18)/t7-,10-/m0/s1. The molecule has 0 aromatic heterocycles.